The summed E-state index contributed by atoms with van der Waals surface area (Å²) >= 11 is 1.76. The summed E-state index contributed by atoms with van der Waals surface area (Å²) in [5, 5.41) is 6.55. The van der Waals surface area contributed by atoms with Crippen LogP contribution >= 0.6 is 11.3 Å². The molecule has 0 radical (unpaired) electrons. The molecule has 6 nitrogen and oxygen atoms in total. The second-order valence-electron chi connectivity index (χ2n) is 6.55. The first-order chi connectivity index (χ1) is 13.0. The average molecular weight is 407 g/mol. The Bertz CT molecular complexity index is 883. The summed E-state index contributed by atoms with van der Waals surface area (Å²) < 4.78 is 26.7. The lowest BCUT2D eigenvalue weighted by Crippen LogP contribution is -2.36. The van der Waals surface area contributed by atoms with Crippen molar-refractivity contribution in [2.75, 3.05) is 20.1 Å². The van der Waals surface area contributed by atoms with E-state index in [0.29, 0.717) is 24.5 Å². The second kappa shape index (κ2) is 8.86. The van der Waals surface area contributed by atoms with Gasteiger partial charge in [0.25, 0.3) is 0 Å². The zero-order valence-corrected chi connectivity index (χ0v) is 17.4. The van der Waals surface area contributed by atoms with Gasteiger partial charge in [-0.15, -0.1) is 11.3 Å². The molecule has 2 aromatic rings. The molecule has 0 bridgehead atoms. The van der Waals surface area contributed by atoms with E-state index in [2.05, 4.69) is 34.7 Å². The maximum absolute atomic E-state index is 12.6. The number of thiophene rings is 1. The van der Waals surface area contributed by atoms with Crippen molar-refractivity contribution in [3.63, 3.8) is 0 Å². The summed E-state index contributed by atoms with van der Waals surface area (Å²) in [7, 11) is -1.61. The molecule has 0 atom stereocenters. The zero-order chi connectivity index (χ0) is 19.3. The van der Waals surface area contributed by atoms with Gasteiger partial charge in [0.05, 0.1) is 11.4 Å². The Balaban J connectivity index is 1.54. The molecule has 1 aliphatic heterocycles. The van der Waals surface area contributed by atoms with Gasteiger partial charge in [-0.05, 0) is 49.6 Å². The monoisotopic (exact) mass is 406 g/mol. The zero-order valence-electron chi connectivity index (χ0n) is 15.7. The molecule has 0 spiro atoms. The Kier molecular flexibility index (Phi) is 6.51. The highest BCUT2D eigenvalue weighted by Gasteiger charge is 2.26. The number of nitrogens with one attached hydrogen (secondary N) is 2. The van der Waals surface area contributed by atoms with Gasteiger partial charge in [-0.3, -0.25) is 4.99 Å². The van der Waals surface area contributed by atoms with Crippen LogP contribution in [0, 0.1) is 6.92 Å². The van der Waals surface area contributed by atoms with Crippen molar-refractivity contribution >= 4 is 27.3 Å². The van der Waals surface area contributed by atoms with E-state index in [1.807, 2.05) is 12.1 Å². The first-order valence-electron chi connectivity index (χ1n) is 9.08. The van der Waals surface area contributed by atoms with Gasteiger partial charge in [0.1, 0.15) is 0 Å². The number of aryl methyl sites for hydroxylation is 1. The third-order valence-corrected chi connectivity index (χ3v) is 7.45. The van der Waals surface area contributed by atoms with Crippen molar-refractivity contribution in [1.82, 2.24) is 14.9 Å². The van der Waals surface area contributed by atoms with Gasteiger partial charge in [-0.1, -0.05) is 12.1 Å². The summed E-state index contributed by atoms with van der Waals surface area (Å²) in [6.45, 7) is 4.64. The Labute approximate surface area is 165 Å². The topological polar surface area (TPSA) is 73.8 Å². The van der Waals surface area contributed by atoms with E-state index < -0.39 is 10.0 Å². The lowest BCUT2D eigenvalue weighted by Gasteiger charge is -2.16. The third-order valence-electron chi connectivity index (χ3n) is 4.54. The predicted molar refractivity (Wildman–Crippen MR) is 111 cm³/mol. The van der Waals surface area contributed by atoms with Crippen LogP contribution in [0.25, 0.3) is 0 Å². The maximum atomic E-state index is 12.6. The van der Waals surface area contributed by atoms with Crippen LogP contribution in [0.5, 0.6) is 0 Å². The molecule has 2 N–H and O–H groups in total. The Morgan fingerprint density at radius 2 is 1.74 bits per heavy atom. The van der Waals surface area contributed by atoms with E-state index in [-0.39, 0.29) is 0 Å². The fourth-order valence-electron chi connectivity index (χ4n) is 3.01. The molecule has 27 heavy (non-hydrogen) atoms. The molecule has 8 heteroatoms. The summed E-state index contributed by atoms with van der Waals surface area (Å²) in [4.78, 5) is 7.14. The van der Waals surface area contributed by atoms with Gasteiger partial charge in [0.2, 0.25) is 10.0 Å². The van der Waals surface area contributed by atoms with E-state index in [4.69, 9.17) is 0 Å². The molecule has 0 saturated carbocycles. The number of sulfonamides is 1. The highest BCUT2D eigenvalue weighted by atomic mass is 32.2. The molecule has 0 amide bonds. The predicted octanol–water partition coefficient (Wildman–Crippen LogP) is 2.71. The van der Waals surface area contributed by atoms with Crippen molar-refractivity contribution in [2.45, 2.75) is 37.8 Å². The average Bonchev–Trinajstić information content (AvgIpc) is 3.34. The number of nitrogens with zero attached hydrogens (tertiary/aromatic N) is 2. The largest absolute Gasteiger partial charge is 0.352 e. The summed E-state index contributed by atoms with van der Waals surface area (Å²) in [5.41, 5.74) is 1.00. The van der Waals surface area contributed by atoms with Crippen LogP contribution < -0.4 is 10.6 Å². The number of rotatable bonds is 6. The fourth-order valence-corrected chi connectivity index (χ4v) is 5.36. The number of hydrogen-bond donors (Lipinski definition) is 2. The van der Waals surface area contributed by atoms with Gasteiger partial charge >= 0.3 is 0 Å². The molecule has 1 aliphatic rings. The molecule has 0 unspecified atom stereocenters. The van der Waals surface area contributed by atoms with Crippen LogP contribution in [0.4, 0.5) is 0 Å². The molecule has 1 aromatic carbocycles. The van der Waals surface area contributed by atoms with E-state index in [9.17, 15) is 8.42 Å². The molecule has 2 heterocycles. The molecule has 1 saturated heterocycles. The highest BCUT2D eigenvalue weighted by Crippen LogP contribution is 2.21. The van der Waals surface area contributed by atoms with E-state index in [1.165, 1.54) is 9.75 Å². The molecular weight excluding hydrogens is 380 g/mol. The first kappa shape index (κ1) is 19.9. The Morgan fingerprint density at radius 3 is 2.33 bits per heavy atom. The summed E-state index contributed by atoms with van der Waals surface area (Å²) in [5.74, 6) is 0.717. The smallest absolute Gasteiger partial charge is 0.243 e. The van der Waals surface area contributed by atoms with Crippen LogP contribution in [0.2, 0.25) is 0 Å². The van der Waals surface area contributed by atoms with Crippen LogP contribution in [0.15, 0.2) is 46.3 Å². The van der Waals surface area contributed by atoms with Crippen LogP contribution in [0.3, 0.4) is 0 Å². The first-order valence-corrected chi connectivity index (χ1v) is 11.3. The second-order valence-corrected chi connectivity index (χ2v) is 9.86. The molecular formula is C19H26N4O2S2. The summed E-state index contributed by atoms with van der Waals surface area (Å²) in [6, 6.07) is 11.3. The van der Waals surface area contributed by atoms with Crippen molar-refractivity contribution < 1.29 is 8.42 Å². The minimum atomic E-state index is -3.35. The molecule has 1 fully saturated rings. The van der Waals surface area contributed by atoms with E-state index in [1.54, 1.807) is 34.8 Å². The standard InChI is InChI=1S/C19H26N4O2S2/c1-15-5-8-17(26-15)14-22-19(20-2)21-13-16-6-9-18(10-7-16)27(24,25)23-11-3-4-12-23/h5-10H,3-4,11-14H2,1-2H3,(H2,20,21,22). The minimum absolute atomic E-state index is 0.365. The van der Waals surface area contributed by atoms with Gasteiger partial charge in [-0.2, -0.15) is 4.31 Å². The van der Waals surface area contributed by atoms with Gasteiger partial charge in [0.15, 0.2) is 5.96 Å². The van der Waals surface area contributed by atoms with Gasteiger partial charge < -0.3 is 10.6 Å². The SMILES string of the molecule is CN=C(NCc1ccc(S(=O)(=O)N2CCCC2)cc1)NCc1ccc(C)s1. The van der Waals surface area contributed by atoms with Gasteiger partial charge in [-0.25, -0.2) is 8.42 Å². The van der Waals surface area contributed by atoms with Crippen molar-refractivity contribution in [1.29, 1.82) is 0 Å². The molecule has 146 valence electrons. The Hall–Kier alpha value is -1.90. The lowest BCUT2D eigenvalue weighted by molar-refractivity contribution is 0.477. The van der Waals surface area contributed by atoms with Crippen LogP contribution in [-0.4, -0.2) is 38.8 Å². The highest BCUT2D eigenvalue weighted by molar-refractivity contribution is 7.89. The normalized spacial score (nSPS) is 15.9. The van der Waals surface area contributed by atoms with E-state index >= 15 is 0 Å². The lowest BCUT2D eigenvalue weighted by atomic mass is 10.2. The van der Waals surface area contributed by atoms with E-state index in [0.717, 1.165) is 30.9 Å². The molecule has 3 rings (SSSR count). The maximum Gasteiger partial charge on any atom is 0.243 e. The quantitative estimate of drug-likeness (QED) is 0.571. The third kappa shape index (κ3) is 5.09. The van der Waals surface area contributed by atoms with Gasteiger partial charge in [0, 0.05) is 36.4 Å². The van der Waals surface area contributed by atoms with Crippen LogP contribution in [0.1, 0.15) is 28.2 Å². The fraction of sp³-hybridized carbons (Fsp3) is 0.421. The minimum Gasteiger partial charge on any atom is -0.352 e. The Morgan fingerprint density at radius 1 is 1.07 bits per heavy atom. The van der Waals surface area contributed by atoms with Crippen molar-refractivity contribution in [3.8, 4) is 0 Å². The van der Waals surface area contributed by atoms with Crippen molar-refractivity contribution in [3.05, 3.63) is 51.7 Å². The number of aliphatic imine (C=N–C) groups is 1. The van der Waals surface area contributed by atoms with Crippen LogP contribution in [-0.2, 0) is 23.1 Å². The summed E-state index contributed by atoms with van der Waals surface area (Å²) in [6.07, 6.45) is 1.89. The molecule has 0 aliphatic carbocycles. The number of benzene rings is 1. The van der Waals surface area contributed by atoms with Crippen molar-refractivity contribution in [2.24, 2.45) is 4.99 Å². The number of guanidine groups is 1. The number of hydrogen-bond acceptors (Lipinski definition) is 4. The molecule has 1 aromatic heterocycles.